The van der Waals surface area contributed by atoms with Crippen LogP contribution in [0.4, 0.5) is 0 Å². The molecule has 4 nitrogen and oxygen atoms in total. The molecule has 0 amide bonds. The van der Waals surface area contributed by atoms with Gasteiger partial charge in [-0.15, -0.1) is 0 Å². The normalized spacial score (nSPS) is 25.1. The van der Waals surface area contributed by atoms with Crippen molar-refractivity contribution < 1.29 is 10.2 Å². The van der Waals surface area contributed by atoms with Gasteiger partial charge >= 0.3 is 0 Å². The van der Waals surface area contributed by atoms with Gasteiger partial charge in [-0.1, -0.05) is 15.8 Å². The Labute approximate surface area is 88.7 Å². The van der Waals surface area contributed by atoms with E-state index in [1.807, 2.05) is 0 Å². The minimum absolute atomic E-state index is 0.323. The molecule has 0 aromatic carbocycles. The summed E-state index contributed by atoms with van der Waals surface area (Å²) in [6.45, 7) is 1.52. The number of nitrogens with zero attached hydrogens (tertiary/aromatic N) is 1. The van der Waals surface area contributed by atoms with Crippen molar-refractivity contribution in [3.63, 3.8) is 0 Å². The summed E-state index contributed by atoms with van der Waals surface area (Å²) in [5, 5.41) is 16.4. The number of hydrogen-bond donors (Lipinski definition) is 3. The first-order chi connectivity index (χ1) is 6.74. The molecular weight excluding hydrogens is 199 g/mol. The topological polar surface area (TPSA) is 69.7 Å². The van der Waals surface area contributed by atoms with Gasteiger partial charge in [0.05, 0.1) is 6.10 Å². The summed E-state index contributed by atoms with van der Waals surface area (Å²) >= 11 is 0. The Balaban J connectivity index is 0.000000791. The van der Waals surface area contributed by atoms with Crippen molar-refractivity contribution in [1.82, 2.24) is 4.67 Å². The van der Waals surface area contributed by atoms with Crippen LogP contribution in [-0.2, 0) is 0 Å². The van der Waals surface area contributed by atoms with Crippen LogP contribution in [0.2, 0.25) is 0 Å². The number of nitrogens with two attached hydrogens (primary N) is 1. The van der Waals surface area contributed by atoms with Crippen molar-refractivity contribution in [3.8, 4) is 0 Å². The van der Waals surface area contributed by atoms with E-state index < -0.39 is 0 Å². The lowest BCUT2D eigenvalue weighted by atomic mass is 9.99. The molecule has 0 aromatic heterocycles. The standard InChI is InChI=1S/C8H19N2OP.CH4O/c9-6-8(11)5-7-3-1-2-4-10(7)12;1-2/h7-8,11H,1-6,9,12H2;2H,1H3. The summed E-state index contributed by atoms with van der Waals surface area (Å²) in [5.74, 6) is 0. The quantitative estimate of drug-likeness (QED) is 0.586. The molecule has 1 heterocycles. The zero-order valence-electron chi connectivity index (χ0n) is 8.89. The van der Waals surface area contributed by atoms with E-state index in [1.165, 1.54) is 19.3 Å². The Kier molecular flexibility index (Phi) is 8.73. The minimum Gasteiger partial charge on any atom is -0.400 e. The number of rotatable bonds is 3. The van der Waals surface area contributed by atoms with E-state index in [-0.39, 0.29) is 6.10 Å². The fraction of sp³-hybridized carbons (Fsp3) is 1.00. The van der Waals surface area contributed by atoms with E-state index in [9.17, 15) is 5.11 Å². The van der Waals surface area contributed by atoms with Crippen LogP contribution in [-0.4, -0.2) is 47.2 Å². The second-order valence-electron chi connectivity index (χ2n) is 3.51. The molecule has 4 N–H and O–H groups in total. The van der Waals surface area contributed by atoms with E-state index in [1.54, 1.807) is 0 Å². The summed E-state index contributed by atoms with van der Waals surface area (Å²) in [6, 6.07) is 0.516. The Morgan fingerprint density at radius 2 is 2.14 bits per heavy atom. The number of aliphatic hydroxyl groups excluding tert-OH is 2. The highest BCUT2D eigenvalue weighted by atomic mass is 31.0. The molecule has 0 saturated carbocycles. The molecule has 86 valence electrons. The van der Waals surface area contributed by atoms with Crippen LogP contribution in [0.3, 0.4) is 0 Å². The highest BCUT2D eigenvalue weighted by molar-refractivity contribution is 7.13. The van der Waals surface area contributed by atoms with Gasteiger partial charge in [0.1, 0.15) is 0 Å². The second kappa shape index (κ2) is 8.57. The van der Waals surface area contributed by atoms with Crippen LogP contribution in [0.25, 0.3) is 0 Å². The molecule has 1 aliphatic heterocycles. The minimum atomic E-state index is -0.323. The number of aliphatic hydroxyl groups is 2. The smallest absolute Gasteiger partial charge is 0.0677 e. The van der Waals surface area contributed by atoms with Gasteiger partial charge < -0.3 is 15.9 Å². The number of piperidine rings is 1. The fourth-order valence-corrected chi connectivity index (χ4v) is 2.14. The van der Waals surface area contributed by atoms with Crippen molar-refractivity contribution in [2.45, 2.75) is 37.8 Å². The van der Waals surface area contributed by atoms with Crippen LogP contribution < -0.4 is 5.73 Å². The summed E-state index contributed by atoms with van der Waals surface area (Å²) in [5.41, 5.74) is 5.36. The van der Waals surface area contributed by atoms with E-state index in [0.29, 0.717) is 12.6 Å². The fourth-order valence-electron chi connectivity index (χ4n) is 1.69. The van der Waals surface area contributed by atoms with Crippen LogP contribution in [0.5, 0.6) is 0 Å². The molecule has 3 unspecified atom stereocenters. The third kappa shape index (κ3) is 5.23. The lowest BCUT2D eigenvalue weighted by molar-refractivity contribution is 0.127. The molecule has 0 aromatic rings. The molecule has 3 atom stereocenters. The molecule has 1 rings (SSSR count). The van der Waals surface area contributed by atoms with Gasteiger partial charge in [-0.05, 0) is 19.3 Å². The highest BCUT2D eigenvalue weighted by Crippen LogP contribution is 2.23. The molecule has 0 aliphatic carbocycles. The maximum absolute atomic E-state index is 9.37. The van der Waals surface area contributed by atoms with E-state index in [2.05, 4.69) is 14.1 Å². The highest BCUT2D eigenvalue weighted by Gasteiger charge is 2.21. The lowest BCUT2D eigenvalue weighted by Crippen LogP contribution is -2.36. The zero-order chi connectivity index (χ0) is 11.0. The average Bonchev–Trinajstić information content (AvgIpc) is 2.24. The predicted octanol–water partition coefficient (Wildman–Crippen LogP) is -0.0508. The van der Waals surface area contributed by atoms with Gasteiger partial charge in [0.15, 0.2) is 0 Å². The summed E-state index contributed by atoms with van der Waals surface area (Å²) in [6.07, 6.45) is 4.25. The van der Waals surface area contributed by atoms with Gasteiger partial charge in [-0.25, -0.2) is 0 Å². The first-order valence-corrected chi connectivity index (χ1v) is 5.60. The second-order valence-corrected chi connectivity index (χ2v) is 4.18. The maximum atomic E-state index is 9.37. The Morgan fingerprint density at radius 3 is 2.64 bits per heavy atom. The van der Waals surface area contributed by atoms with Gasteiger partial charge in [-0.2, -0.15) is 0 Å². The monoisotopic (exact) mass is 222 g/mol. The average molecular weight is 222 g/mol. The van der Waals surface area contributed by atoms with Crippen molar-refractivity contribution in [3.05, 3.63) is 0 Å². The van der Waals surface area contributed by atoms with Crippen molar-refractivity contribution >= 4 is 9.39 Å². The summed E-state index contributed by atoms with van der Waals surface area (Å²) in [7, 11) is 3.74. The van der Waals surface area contributed by atoms with Gasteiger partial charge in [-0.3, -0.25) is 4.67 Å². The molecule has 1 fully saturated rings. The Hall–Kier alpha value is 0.270. The molecular formula is C9H23N2O2P. The van der Waals surface area contributed by atoms with Crippen LogP contribution in [0.1, 0.15) is 25.7 Å². The van der Waals surface area contributed by atoms with Gasteiger partial charge in [0.2, 0.25) is 0 Å². The molecule has 1 aliphatic rings. The molecule has 0 bridgehead atoms. The molecule has 1 saturated heterocycles. The van der Waals surface area contributed by atoms with E-state index >= 15 is 0 Å². The Morgan fingerprint density at radius 1 is 1.50 bits per heavy atom. The molecule has 14 heavy (non-hydrogen) atoms. The van der Waals surface area contributed by atoms with Crippen molar-refractivity contribution in [2.75, 3.05) is 20.2 Å². The summed E-state index contributed by atoms with van der Waals surface area (Å²) in [4.78, 5) is 0. The SMILES string of the molecule is CO.NCC(O)CC1CCCCN1P. The molecule has 0 spiro atoms. The lowest BCUT2D eigenvalue weighted by Gasteiger charge is -2.33. The molecule has 5 heteroatoms. The maximum Gasteiger partial charge on any atom is 0.0677 e. The third-order valence-corrected chi connectivity index (χ3v) is 3.17. The van der Waals surface area contributed by atoms with Crippen LogP contribution >= 0.6 is 9.39 Å². The Bertz CT molecular complexity index is 138. The van der Waals surface area contributed by atoms with Gasteiger partial charge in [0, 0.05) is 26.2 Å². The zero-order valence-corrected chi connectivity index (χ0v) is 10.0. The third-order valence-electron chi connectivity index (χ3n) is 2.49. The van der Waals surface area contributed by atoms with Crippen LogP contribution in [0.15, 0.2) is 0 Å². The first-order valence-electron chi connectivity index (χ1n) is 5.08. The van der Waals surface area contributed by atoms with Crippen molar-refractivity contribution in [2.24, 2.45) is 5.73 Å². The van der Waals surface area contributed by atoms with E-state index in [4.69, 9.17) is 10.8 Å². The number of hydrogen-bond acceptors (Lipinski definition) is 4. The first kappa shape index (κ1) is 14.3. The van der Waals surface area contributed by atoms with E-state index in [0.717, 1.165) is 20.1 Å². The largest absolute Gasteiger partial charge is 0.400 e. The van der Waals surface area contributed by atoms with Crippen molar-refractivity contribution in [1.29, 1.82) is 0 Å². The summed E-state index contributed by atoms with van der Waals surface area (Å²) < 4.78 is 2.25. The molecule has 0 radical (unpaired) electrons. The van der Waals surface area contributed by atoms with Crippen LogP contribution in [0, 0.1) is 0 Å². The van der Waals surface area contributed by atoms with Gasteiger partial charge in [0.25, 0.3) is 0 Å². The predicted molar refractivity (Wildman–Crippen MR) is 61.9 cm³/mol.